The van der Waals surface area contributed by atoms with Gasteiger partial charge in [-0.2, -0.15) is 0 Å². The molecule has 0 fully saturated rings. The third kappa shape index (κ3) is 10.7. The molecule has 0 aliphatic rings. The summed E-state index contributed by atoms with van der Waals surface area (Å²) in [5.41, 5.74) is 2.74. The zero-order chi connectivity index (χ0) is 5.21. The molecule has 0 aliphatic heterocycles. The second-order valence-electron chi connectivity index (χ2n) is 2.39. The van der Waals surface area contributed by atoms with E-state index < -0.39 is 8.07 Å². The third-order valence-electron chi connectivity index (χ3n) is 0.433. The number of hydrogen-bond donors (Lipinski definition) is 0. The second-order valence-corrected chi connectivity index (χ2v) is 7.18. The molecule has 7 heavy (non-hydrogen) atoms. The average molecular weight is 105 g/mol. The van der Waals surface area contributed by atoms with Crippen molar-refractivity contribution in [3.05, 3.63) is 0 Å². The predicted molar refractivity (Wildman–Crippen MR) is 37.9 cm³/mol. The van der Waals surface area contributed by atoms with Gasteiger partial charge >= 0.3 is 0 Å². The Morgan fingerprint density at radius 3 is 1.43 bits per heavy atom. The van der Waals surface area contributed by atoms with Crippen LogP contribution in [-0.4, -0.2) is 26.9 Å². The van der Waals surface area contributed by atoms with Crippen LogP contribution >= 0.6 is 0 Å². The summed E-state index contributed by atoms with van der Waals surface area (Å²) in [4.78, 5) is 0. The minimum atomic E-state index is -1.10. The molecule has 0 nitrogen and oxygen atoms in total. The Kier molecular flexibility index (Phi) is 5.02. The molecule has 0 aromatic heterocycles. The molecule has 0 amide bonds. The van der Waals surface area contributed by atoms with Crippen molar-refractivity contribution in [1.82, 2.24) is 0 Å². The van der Waals surface area contributed by atoms with Crippen molar-refractivity contribution in [3.63, 3.8) is 0 Å². The van der Waals surface area contributed by atoms with Gasteiger partial charge in [0.15, 0.2) is 0 Å². The number of rotatable bonds is 0. The van der Waals surface area contributed by atoms with E-state index in [9.17, 15) is 0 Å². The van der Waals surface area contributed by atoms with Gasteiger partial charge in [0.05, 0.1) is 0 Å². The van der Waals surface area contributed by atoms with Crippen molar-refractivity contribution in [2.75, 3.05) is 0 Å². The Hall–Kier alpha value is 0.374. The summed E-state index contributed by atoms with van der Waals surface area (Å²) in [5, 5.41) is 0. The molecule has 0 saturated carbocycles. The first-order valence-electron chi connectivity index (χ1n) is 2.04. The Morgan fingerprint density at radius 2 is 1.43 bits per heavy atom. The maximum absolute atomic E-state index is 5.12. The summed E-state index contributed by atoms with van der Waals surface area (Å²) >= 11 is 0. The number of hydrogen-bond acceptors (Lipinski definition) is 0. The molecule has 2 heteroatoms. The Bertz CT molecular complexity index is 75.1. The van der Waals surface area contributed by atoms with Crippen LogP contribution in [0.2, 0.25) is 19.6 Å². The van der Waals surface area contributed by atoms with Crippen LogP contribution < -0.4 is 0 Å². The molecule has 0 unspecified atom stereocenters. The standard InChI is InChI=1S/C5H10Si.Li/c1-5-6(2,3)4;/h1H,2-4H3;. The van der Waals surface area contributed by atoms with E-state index in [0.717, 1.165) is 0 Å². The largest absolute Gasteiger partial charge is 0.135 e. The van der Waals surface area contributed by atoms with Crippen molar-refractivity contribution in [2.24, 2.45) is 0 Å². The van der Waals surface area contributed by atoms with Gasteiger partial charge in [0.2, 0.25) is 0 Å². The first-order chi connectivity index (χ1) is 2.56. The summed E-state index contributed by atoms with van der Waals surface area (Å²) in [6.45, 7) is 6.44. The smallest absolute Gasteiger partial charge is 0.128 e. The second kappa shape index (κ2) is 3.39. The maximum Gasteiger partial charge on any atom is 0.128 e. The molecule has 0 aromatic carbocycles. The average Bonchev–Trinajstić information content (AvgIpc) is 1.35. The monoisotopic (exact) mass is 105 g/mol. The van der Waals surface area contributed by atoms with Gasteiger partial charge in [0.1, 0.15) is 8.07 Å². The third-order valence-corrected chi connectivity index (χ3v) is 1.30. The van der Waals surface area contributed by atoms with Crippen LogP contribution in [0.1, 0.15) is 0 Å². The fourth-order valence-electron chi connectivity index (χ4n) is 0. The Balaban J connectivity index is 0. The number of terminal acetylenes is 1. The van der Waals surface area contributed by atoms with E-state index in [4.69, 9.17) is 6.42 Å². The molecule has 0 spiro atoms. The van der Waals surface area contributed by atoms with Crippen molar-refractivity contribution >= 4 is 26.9 Å². The minimum Gasteiger partial charge on any atom is -0.135 e. The fourth-order valence-corrected chi connectivity index (χ4v) is 0. The van der Waals surface area contributed by atoms with Crippen molar-refractivity contribution in [3.8, 4) is 12.0 Å². The van der Waals surface area contributed by atoms with Crippen LogP contribution in [0.15, 0.2) is 0 Å². The van der Waals surface area contributed by atoms with Crippen molar-refractivity contribution < 1.29 is 0 Å². The van der Waals surface area contributed by atoms with E-state index in [-0.39, 0.29) is 18.9 Å². The van der Waals surface area contributed by atoms with Gasteiger partial charge < -0.3 is 0 Å². The van der Waals surface area contributed by atoms with Gasteiger partial charge in [0.25, 0.3) is 0 Å². The first kappa shape index (κ1) is 10.4. The van der Waals surface area contributed by atoms with Gasteiger partial charge in [-0.15, -0.1) is 12.0 Å². The van der Waals surface area contributed by atoms with E-state index in [1.165, 1.54) is 0 Å². The van der Waals surface area contributed by atoms with Crippen LogP contribution in [0.25, 0.3) is 0 Å². The van der Waals surface area contributed by atoms with Gasteiger partial charge in [-0.1, -0.05) is 19.6 Å². The van der Waals surface area contributed by atoms with E-state index in [1.807, 2.05) is 0 Å². The maximum atomic E-state index is 5.12. The van der Waals surface area contributed by atoms with E-state index in [0.29, 0.717) is 0 Å². The molecule has 0 saturated heterocycles. The summed E-state index contributed by atoms with van der Waals surface area (Å²) in [5.74, 6) is 0. The molecule has 1 radical (unpaired) electrons. The molecule has 0 aromatic rings. The quantitative estimate of drug-likeness (QED) is 0.320. The molecular formula is C5H10LiSi. The summed E-state index contributed by atoms with van der Waals surface area (Å²) in [7, 11) is -1.10. The SMILES string of the molecule is C#C[Si](C)(C)C.[Li]. The van der Waals surface area contributed by atoms with E-state index in [1.54, 1.807) is 0 Å². The van der Waals surface area contributed by atoms with E-state index in [2.05, 4.69) is 25.2 Å². The van der Waals surface area contributed by atoms with Crippen molar-refractivity contribution in [2.45, 2.75) is 19.6 Å². The molecule has 35 valence electrons. The predicted octanol–water partition coefficient (Wildman–Crippen LogP) is 1.12. The molecule has 0 heterocycles. The zero-order valence-electron chi connectivity index (χ0n) is 5.58. The topological polar surface area (TPSA) is 0 Å². The molecule has 0 N–H and O–H groups in total. The summed E-state index contributed by atoms with van der Waals surface area (Å²) in [6.07, 6.45) is 5.12. The molecule has 0 aliphatic carbocycles. The van der Waals surface area contributed by atoms with Crippen LogP contribution in [0.3, 0.4) is 0 Å². The summed E-state index contributed by atoms with van der Waals surface area (Å²) in [6, 6.07) is 0. The Labute approximate surface area is 58.9 Å². The van der Waals surface area contributed by atoms with Crippen molar-refractivity contribution in [1.29, 1.82) is 0 Å². The van der Waals surface area contributed by atoms with Gasteiger partial charge in [0, 0.05) is 18.9 Å². The first-order valence-corrected chi connectivity index (χ1v) is 5.54. The Morgan fingerprint density at radius 1 is 1.29 bits per heavy atom. The molecule has 0 rings (SSSR count). The van der Waals surface area contributed by atoms with Crippen LogP contribution in [-0.2, 0) is 0 Å². The zero-order valence-corrected chi connectivity index (χ0v) is 6.58. The molecule has 0 bridgehead atoms. The van der Waals surface area contributed by atoms with Crippen LogP contribution in [0.5, 0.6) is 0 Å². The fraction of sp³-hybridized carbons (Fsp3) is 0.600. The molecule has 0 atom stereocenters. The van der Waals surface area contributed by atoms with Gasteiger partial charge in [-0.25, -0.2) is 0 Å². The van der Waals surface area contributed by atoms with Gasteiger partial charge in [-0.3, -0.25) is 0 Å². The van der Waals surface area contributed by atoms with Crippen LogP contribution in [0.4, 0.5) is 0 Å². The summed E-state index contributed by atoms with van der Waals surface area (Å²) < 4.78 is 0. The van der Waals surface area contributed by atoms with Crippen LogP contribution in [0, 0.1) is 12.0 Å². The minimum absolute atomic E-state index is 0. The van der Waals surface area contributed by atoms with Gasteiger partial charge in [-0.05, 0) is 0 Å². The molecular weight excluding hydrogens is 95.1 g/mol. The normalized spacial score (nSPS) is 8.86. The van der Waals surface area contributed by atoms with E-state index >= 15 is 0 Å².